The number of nitrogens with one attached hydrogen (secondary N) is 1. The SMILES string of the molecule is CNC(Cc1ccc(OC)c(Br)c1)c1ccc(F)c(Cl)c1. The first-order valence-electron chi connectivity index (χ1n) is 6.49. The van der Waals surface area contributed by atoms with Gasteiger partial charge >= 0.3 is 0 Å². The predicted molar refractivity (Wildman–Crippen MR) is 87.6 cm³/mol. The average Bonchev–Trinajstić information content (AvgIpc) is 2.48. The summed E-state index contributed by atoms with van der Waals surface area (Å²) in [5.74, 6) is 0.395. The van der Waals surface area contributed by atoms with Crippen molar-refractivity contribution in [1.82, 2.24) is 5.32 Å². The van der Waals surface area contributed by atoms with E-state index in [9.17, 15) is 4.39 Å². The van der Waals surface area contributed by atoms with Gasteiger partial charge in [-0.15, -0.1) is 0 Å². The Morgan fingerprint density at radius 2 is 2.05 bits per heavy atom. The van der Waals surface area contributed by atoms with Crippen LogP contribution in [0.2, 0.25) is 5.02 Å². The molecule has 0 aliphatic heterocycles. The van der Waals surface area contributed by atoms with Gasteiger partial charge in [0.05, 0.1) is 16.6 Å². The van der Waals surface area contributed by atoms with Crippen molar-refractivity contribution >= 4 is 27.5 Å². The molecule has 21 heavy (non-hydrogen) atoms. The molecule has 0 saturated heterocycles. The van der Waals surface area contributed by atoms with E-state index in [1.807, 2.05) is 25.2 Å². The zero-order valence-corrected chi connectivity index (χ0v) is 14.1. The van der Waals surface area contributed by atoms with Crippen LogP contribution in [0.15, 0.2) is 40.9 Å². The second-order valence-electron chi connectivity index (χ2n) is 4.69. The Kier molecular flexibility index (Phi) is 5.62. The van der Waals surface area contributed by atoms with Crippen LogP contribution in [0.3, 0.4) is 0 Å². The van der Waals surface area contributed by atoms with Crippen molar-refractivity contribution in [2.45, 2.75) is 12.5 Å². The Morgan fingerprint density at radius 3 is 2.62 bits per heavy atom. The third kappa shape index (κ3) is 3.96. The van der Waals surface area contributed by atoms with Gasteiger partial charge in [-0.3, -0.25) is 0 Å². The molecule has 0 aromatic heterocycles. The molecule has 112 valence electrons. The van der Waals surface area contributed by atoms with E-state index >= 15 is 0 Å². The van der Waals surface area contributed by atoms with E-state index < -0.39 is 5.82 Å². The van der Waals surface area contributed by atoms with Gasteiger partial charge in [0.2, 0.25) is 0 Å². The molecule has 1 atom stereocenters. The lowest BCUT2D eigenvalue weighted by Crippen LogP contribution is -2.19. The summed E-state index contributed by atoms with van der Waals surface area (Å²) in [6.07, 6.45) is 0.765. The predicted octanol–water partition coefficient (Wildman–Crippen LogP) is 4.75. The maximum Gasteiger partial charge on any atom is 0.141 e. The van der Waals surface area contributed by atoms with Crippen LogP contribution in [0.1, 0.15) is 17.2 Å². The zero-order valence-electron chi connectivity index (χ0n) is 11.8. The minimum atomic E-state index is -0.400. The molecule has 1 unspecified atom stereocenters. The number of hydrogen-bond acceptors (Lipinski definition) is 2. The molecule has 0 spiro atoms. The monoisotopic (exact) mass is 371 g/mol. The van der Waals surface area contributed by atoms with Gasteiger partial charge in [-0.1, -0.05) is 23.7 Å². The first kappa shape index (κ1) is 16.3. The van der Waals surface area contributed by atoms with Crippen LogP contribution in [0, 0.1) is 5.82 Å². The second kappa shape index (κ2) is 7.25. The highest BCUT2D eigenvalue weighted by Crippen LogP contribution is 2.28. The lowest BCUT2D eigenvalue weighted by molar-refractivity contribution is 0.412. The molecule has 1 N–H and O–H groups in total. The standard InChI is InChI=1S/C16H16BrClFNO/c1-20-15(11-4-5-14(19)13(18)9-11)8-10-3-6-16(21-2)12(17)7-10/h3-7,9,15,20H,8H2,1-2H3. The van der Waals surface area contributed by atoms with Gasteiger partial charge in [0.25, 0.3) is 0 Å². The maximum atomic E-state index is 13.3. The summed E-state index contributed by atoms with van der Waals surface area (Å²) in [6, 6.07) is 10.8. The van der Waals surface area contributed by atoms with E-state index in [0.29, 0.717) is 0 Å². The molecule has 2 aromatic carbocycles. The van der Waals surface area contributed by atoms with Gasteiger partial charge in [-0.2, -0.15) is 0 Å². The third-order valence-electron chi connectivity index (χ3n) is 3.35. The van der Waals surface area contributed by atoms with Gasteiger partial charge in [-0.05, 0) is 64.8 Å². The molecule has 0 heterocycles. The van der Waals surface area contributed by atoms with Crippen molar-refractivity contribution in [1.29, 1.82) is 0 Å². The van der Waals surface area contributed by atoms with Gasteiger partial charge in [0.15, 0.2) is 0 Å². The number of hydrogen-bond donors (Lipinski definition) is 1. The van der Waals surface area contributed by atoms with Crippen molar-refractivity contribution in [3.8, 4) is 5.75 Å². The summed E-state index contributed by atoms with van der Waals surface area (Å²) >= 11 is 9.34. The van der Waals surface area contributed by atoms with Gasteiger partial charge in [-0.25, -0.2) is 4.39 Å². The number of methoxy groups -OCH3 is 1. The number of likely N-dealkylation sites (N-methyl/N-ethyl adjacent to an activating group) is 1. The lowest BCUT2D eigenvalue weighted by atomic mass is 9.99. The van der Waals surface area contributed by atoms with Crippen LogP contribution in [0.25, 0.3) is 0 Å². The highest BCUT2D eigenvalue weighted by atomic mass is 79.9. The Labute approximate surface area is 137 Å². The van der Waals surface area contributed by atoms with Crippen LogP contribution >= 0.6 is 27.5 Å². The molecule has 0 fully saturated rings. The highest BCUT2D eigenvalue weighted by molar-refractivity contribution is 9.10. The van der Waals surface area contributed by atoms with Crippen LogP contribution in [-0.4, -0.2) is 14.2 Å². The van der Waals surface area contributed by atoms with E-state index in [1.54, 1.807) is 19.2 Å². The average molecular weight is 373 g/mol. The summed E-state index contributed by atoms with van der Waals surface area (Å²) in [7, 11) is 3.51. The maximum absolute atomic E-state index is 13.3. The molecular formula is C16H16BrClFNO. The van der Waals surface area contributed by atoms with Crippen molar-refractivity contribution in [3.63, 3.8) is 0 Å². The molecule has 0 radical (unpaired) electrons. The van der Waals surface area contributed by atoms with Crippen molar-refractivity contribution in [2.24, 2.45) is 0 Å². The van der Waals surface area contributed by atoms with Gasteiger partial charge in [0.1, 0.15) is 11.6 Å². The number of halogens is 3. The number of ether oxygens (including phenoxy) is 1. The fourth-order valence-electron chi connectivity index (χ4n) is 2.19. The Bertz CT molecular complexity index is 636. The van der Waals surface area contributed by atoms with Crippen LogP contribution in [0.5, 0.6) is 5.75 Å². The fraction of sp³-hybridized carbons (Fsp3) is 0.250. The summed E-state index contributed by atoms with van der Waals surface area (Å²) in [4.78, 5) is 0. The van der Waals surface area contributed by atoms with Crippen LogP contribution < -0.4 is 10.1 Å². The third-order valence-corrected chi connectivity index (χ3v) is 4.26. The van der Waals surface area contributed by atoms with Crippen molar-refractivity contribution in [3.05, 3.63) is 62.8 Å². The summed E-state index contributed by atoms with van der Waals surface area (Å²) in [6.45, 7) is 0. The summed E-state index contributed by atoms with van der Waals surface area (Å²) < 4.78 is 19.4. The smallest absolute Gasteiger partial charge is 0.141 e. The molecule has 2 aromatic rings. The number of rotatable bonds is 5. The van der Waals surface area contributed by atoms with Gasteiger partial charge in [0, 0.05) is 6.04 Å². The first-order chi connectivity index (χ1) is 10.0. The molecule has 0 saturated carbocycles. The molecule has 2 rings (SSSR count). The van der Waals surface area contributed by atoms with Gasteiger partial charge < -0.3 is 10.1 Å². The Morgan fingerprint density at radius 1 is 1.29 bits per heavy atom. The second-order valence-corrected chi connectivity index (χ2v) is 5.95. The molecular weight excluding hydrogens is 357 g/mol. The fourth-order valence-corrected chi connectivity index (χ4v) is 2.97. The van der Waals surface area contributed by atoms with Crippen LogP contribution in [-0.2, 0) is 6.42 Å². The summed E-state index contributed by atoms with van der Waals surface area (Å²) in [5, 5.41) is 3.38. The highest BCUT2D eigenvalue weighted by Gasteiger charge is 2.13. The molecule has 0 bridgehead atoms. The topological polar surface area (TPSA) is 21.3 Å². The van der Waals surface area contributed by atoms with E-state index in [2.05, 4.69) is 21.2 Å². The molecule has 2 nitrogen and oxygen atoms in total. The minimum Gasteiger partial charge on any atom is -0.496 e. The quantitative estimate of drug-likeness (QED) is 0.817. The lowest BCUT2D eigenvalue weighted by Gasteiger charge is -2.18. The molecule has 5 heteroatoms. The first-order valence-corrected chi connectivity index (χ1v) is 7.67. The summed E-state index contributed by atoms with van der Waals surface area (Å²) in [5.41, 5.74) is 2.10. The normalized spacial score (nSPS) is 12.2. The van der Waals surface area contributed by atoms with E-state index in [4.69, 9.17) is 16.3 Å². The molecule has 0 aliphatic carbocycles. The van der Waals surface area contributed by atoms with Crippen molar-refractivity contribution < 1.29 is 9.13 Å². The Hall–Kier alpha value is -1.10. The van der Waals surface area contributed by atoms with E-state index in [-0.39, 0.29) is 11.1 Å². The number of benzene rings is 2. The minimum absolute atomic E-state index is 0.0587. The zero-order chi connectivity index (χ0) is 15.4. The van der Waals surface area contributed by atoms with E-state index in [0.717, 1.165) is 27.8 Å². The van der Waals surface area contributed by atoms with Crippen molar-refractivity contribution in [2.75, 3.05) is 14.2 Å². The molecule has 0 amide bonds. The van der Waals surface area contributed by atoms with E-state index in [1.165, 1.54) is 6.07 Å². The van der Waals surface area contributed by atoms with Crippen LogP contribution in [0.4, 0.5) is 4.39 Å². The largest absolute Gasteiger partial charge is 0.496 e. The Balaban J connectivity index is 2.22. The molecule has 0 aliphatic rings.